The minimum absolute atomic E-state index is 0.963. The molecule has 0 heterocycles. The van der Waals surface area contributed by atoms with Gasteiger partial charge in [-0.2, -0.15) is 0 Å². The highest BCUT2D eigenvalue weighted by molar-refractivity contribution is 14.1. The molecule has 112 valence electrons. The highest BCUT2D eigenvalue weighted by Crippen LogP contribution is 2.15. The summed E-state index contributed by atoms with van der Waals surface area (Å²) in [6.07, 6.45) is -16.0. The van der Waals surface area contributed by atoms with Crippen LogP contribution in [0.25, 0.3) is 0 Å². The van der Waals surface area contributed by atoms with E-state index < -0.39 is 102 Å². The van der Waals surface area contributed by atoms with Gasteiger partial charge in [0.1, 0.15) is 8.04 Å². The van der Waals surface area contributed by atoms with Crippen LogP contribution in [0.1, 0.15) is 0 Å². The van der Waals surface area contributed by atoms with Gasteiger partial charge in [0.15, 0.2) is 0 Å². The zero-order chi connectivity index (χ0) is 28.8. The van der Waals surface area contributed by atoms with E-state index in [1.807, 2.05) is 0 Å². The van der Waals surface area contributed by atoms with Gasteiger partial charge < -0.3 is 3.43 Å². The first-order chi connectivity index (χ1) is 16.3. The predicted octanol–water partition coefficient (Wildman–Crippen LogP) is -12.2. The fourth-order valence-corrected chi connectivity index (χ4v) is 5.89. The van der Waals surface area contributed by atoms with E-state index in [1.54, 1.807) is 22.9 Å². The quantitative estimate of drug-likeness (QED) is 0.126. The molecule has 0 aliphatic carbocycles. The molecule has 0 rings (SSSR count). The Morgan fingerprint density at radius 2 is 0.600 bits per heavy atom. The molecule has 0 amide bonds. The Bertz CT molecular complexity index is 536. The monoisotopic (exact) mass is 507 g/mol. The third-order valence-electron chi connectivity index (χ3n) is 6.68. The van der Waals surface area contributed by atoms with Gasteiger partial charge in [0.05, 0.1) is 0 Å². The summed E-state index contributed by atoms with van der Waals surface area (Å²) in [6, 6.07) is 0. The van der Waals surface area contributed by atoms with Crippen molar-refractivity contribution < 1.29 is 1.41 Å². The molecule has 0 aromatic heterocycles. The molecule has 0 bridgehead atoms. The molecular formula is HB33IN. The van der Waals surface area contributed by atoms with Gasteiger partial charge in [-0.15, -0.1) is 0 Å². The number of halogens is 1. The lowest BCUT2D eigenvalue weighted by Gasteiger charge is -2.49. The second-order valence-corrected chi connectivity index (χ2v) is 9.81. The fraction of sp³-hybridized carbons (Fsp3) is 0. The van der Waals surface area contributed by atoms with Gasteiger partial charge in [0.25, 0.3) is 0 Å². The molecule has 35 heteroatoms. The zero-order valence-electron chi connectivity index (χ0n) is 20.9. The van der Waals surface area contributed by atoms with E-state index in [0.29, 0.717) is 0 Å². The summed E-state index contributed by atoms with van der Waals surface area (Å²) >= 11 is 1.70. The van der Waals surface area contributed by atoms with Gasteiger partial charge in [0, 0.05) is 250 Å². The predicted molar refractivity (Wildman–Crippen MR) is 207 cm³/mol. The van der Waals surface area contributed by atoms with Crippen molar-refractivity contribution in [3.05, 3.63) is 0 Å². The van der Waals surface area contributed by atoms with Crippen LogP contribution >= 0.6 is 22.9 Å². The van der Waals surface area contributed by atoms with Crippen LogP contribution in [0.2, 0.25) is 1.41 Å². The molecule has 1 nitrogen and oxygen atoms in total. The maximum Gasteiger partial charge on any atom is 0.129 e. The summed E-state index contributed by atoms with van der Waals surface area (Å²) in [4.78, 5) is 0. The van der Waals surface area contributed by atoms with Crippen molar-refractivity contribution >= 4 is 257 Å². The molecular weight excluding hydrogens is 498 g/mol. The van der Waals surface area contributed by atoms with Crippen LogP contribution in [0.3, 0.4) is 0 Å². The number of hydrogen-bond donors (Lipinski definition) is 1. The second kappa shape index (κ2) is 17.6. The minimum atomic E-state index is -1.16. The maximum atomic E-state index is 8.75. The molecule has 0 saturated carbocycles. The number of nitrogens with one attached hydrogen (secondary N) is 1. The van der Waals surface area contributed by atoms with E-state index in [9.17, 15) is 0 Å². The third-order valence-corrected chi connectivity index (χ3v) is 7.32. The van der Waals surface area contributed by atoms with Gasteiger partial charge in [-0.3, -0.25) is 0 Å². The fourth-order valence-electron chi connectivity index (χ4n) is 5.15. The number of rotatable bonds is 16. The summed E-state index contributed by atoms with van der Waals surface area (Å²) in [7, 11) is 104. The Labute approximate surface area is 259 Å². The van der Waals surface area contributed by atoms with Crippen molar-refractivity contribution in [1.82, 2.24) is 3.43 Å². The Morgan fingerprint density at radius 1 is 0.371 bits per heavy atom. The van der Waals surface area contributed by atoms with E-state index in [0.717, 1.165) is 3.43 Å². The van der Waals surface area contributed by atoms with E-state index >= 15 is 0 Å². The first kappa shape index (κ1) is 35.9. The zero-order valence-corrected chi connectivity index (χ0v) is 22.0. The lowest BCUT2D eigenvalue weighted by Crippen LogP contribution is -2.89. The SMILES string of the molecule is [3H]N(I)B(B(B(B([B])[B])B([B])[B])B(B([B])[B])B([B])[B])B(B(B([B])[B])B([B])[B])B(B([B])[B])B([B])B([B])[B]. The second-order valence-electron chi connectivity index (χ2n) is 9.25. The minimum Gasteiger partial charge on any atom is -0.319 e. The van der Waals surface area contributed by atoms with Crippen molar-refractivity contribution in [2.75, 3.05) is 0 Å². The summed E-state index contributed by atoms with van der Waals surface area (Å²) in [5, 5.41) is 0. The topological polar surface area (TPSA) is 12.0 Å². The normalized spacial score (nSPS) is 10.2. The van der Waals surface area contributed by atoms with Crippen LogP contribution in [0.4, 0.5) is 0 Å². The van der Waals surface area contributed by atoms with Crippen LogP contribution in [0.15, 0.2) is 0 Å². The van der Waals surface area contributed by atoms with Gasteiger partial charge in [-0.05, 0) is 0 Å². The molecule has 0 saturated heterocycles. The van der Waals surface area contributed by atoms with E-state index in [1.165, 1.54) is 0 Å². The molecule has 0 fully saturated rings. The lowest BCUT2D eigenvalue weighted by atomic mass is 8.34. The van der Waals surface area contributed by atoms with Crippen molar-refractivity contribution in [2.45, 2.75) is 0 Å². The summed E-state index contributed by atoms with van der Waals surface area (Å²) in [6.45, 7) is -1.08. The maximum absolute atomic E-state index is 8.75. The third kappa shape index (κ3) is 10.6. The number of hydrogen-bond acceptors (Lipinski definition) is 1. The van der Waals surface area contributed by atoms with Gasteiger partial charge in [-0.1, -0.05) is 0 Å². The Balaban J connectivity index is 7.66. The molecule has 0 aliphatic heterocycles. The molecule has 0 unspecified atom stereocenters. The van der Waals surface area contributed by atoms with Crippen molar-refractivity contribution in [1.29, 1.82) is 0 Å². The largest absolute Gasteiger partial charge is 0.319 e. The first-order valence-electron chi connectivity index (χ1n) is 11.5. The Hall–Kier alpha value is 2.83. The van der Waals surface area contributed by atoms with Gasteiger partial charge >= 0.3 is 0 Å². The lowest BCUT2D eigenvalue weighted by molar-refractivity contribution is 1.79. The Kier molecular flexibility index (Phi) is 18.0. The first-order valence-corrected chi connectivity index (χ1v) is 12.1. The Morgan fingerprint density at radius 3 is 0.771 bits per heavy atom. The van der Waals surface area contributed by atoms with Crippen LogP contribution in [0.5, 0.6) is 0 Å². The van der Waals surface area contributed by atoms with Gasteiger partial charge in [-0.25, -0.2) is 0 Å². The molecule has 0 aliphatic rings. The highest BCUT2D eigenvalue weighted by atomic mass is 127. The van der Waals surface area contributed by atoms with E-state index in [4.69, 9.17) is 133 Å². The summed E-state index contributed by atoms with van der Waals surface area (Å²) in [5.74, 6) is 0. The standard InChI is InChI=1S/B33HIN/c1-18(2)26(17)30(25(15)16)32(29(23(11)12)24(13)14)33(35-34)31(27(19(3)4)20(5)6)28(21(7)8)22(9)10/h35H/i/hT. The van der Waals surface area contributed by atoms with Crippen LogP contribution in [0, 0.1) is 0 Å². The highest BCUT2D eigenvalue weighted by Gasteiger charge is 2.54. The smallest absolute Gasteiger partial charge is 0.129 e. The molecule has 0 aromatic carbocycles. The summed E-state index contributed by atoms with van der Waals surface area (Å²) in [5.41, 5.74) is 0. The van der Waals surface area contributed by atoms with Gasteiger partial charge in [0.2, 0.25) is 0 Å². The molecule has 0 aromatic rings. The molecule has 34 radical (unpaired) electrons. The van der Waals surface area contributed by atoms with Crippen molar-refractivity contribution in [3.63, 3.8) is 0 Å². The van der Waals surface area contributed by atoms with E-state index in [2.05, 4.69) is 0 Å². The van der Waals surface area contributed by atoms with Crippen LogP contribution < -0.4 is 3.43 Å². The summed E-state index contributed by atoms with van der Waals surface area (Å²) < 4.78 is 9.77. The average molecular weight is 501 g/mol. The molecule has 0 atom stereocenters. The molecule has 1 N–H and O–H groups in total. The van der Waals surface area contributed by atoms with Crippen LogP contribution in [-0.4, -0.2) is 234 Å². The van der Waals surface area contributed by atoms with Crippen molar-refractivity contribution in [2.24, 2.45) is 0 Å². The van der Waals surface area contributed by atoms with Crippen molar-refractivity contribution in [3.8, 4) is 0 Å². The van der Waals surface area contributed by atoms with E-state index in [-0.39, 0.29) is 0 Å². The molecule has 0 spiro atoms. The average Bonchev–Trinajstić information content (AvgIpc) is 2.65. The molecule has 35 heavy (non-hydrogen) atoms. The van der Waals surface area contributed by atoms with Crippen LogP contribution in [-0.2, 0) is 0 Å².